The number of aryl methyl sites for hydroxylation is 1. The summed E-state index contributed by atoms with van der Waals surface area (Å²) >= 11 is 0. The van der Waals surface area contributed by atoms with Crippen LogP contribution in [0.2, 0.25) is 0 Å². The van der Waals surface area contributed by atoms with E-state index in [0.717, 1.165) is 56.7 Å². The van der Waals surface area contributed by atoms with Gasteiger partial charge >= 0.3 is 12.1 Å². The Morgan fingerprint density at radius 2 is 1.80 bits per heavy atom. The van der Waals surface area contributed by atoms with Crippen LogP contribution in [0.15, 0.2) is 54.6 Å². The molecule has 0 saturated carbocycles. The molecule has 0 radical (unpaired) electrons. The van der Waals surface area contributed by atoms with Gasteiger partial charge in [-0.2, -0.15) is 18.3 Å². The monoisotopic (exact) mass is 620 g/mol. The number of hydrogen-bond acceptors (Lipinski definition) is 6. The smallest absolute Gasteiger partial charge is 0.408 e. The van der Waals surface area contributed by atoms with Gasteiger partial charge in [0.2, 0.25) is 0 Å². The maximum atomic E-state index is 13.4. The van der Waals surface area contributed by atoms with Crippen molar-refractivity contribution in [3.05, 3.63) is 88.1 Å². The molecule has 1 saturated heterocycles. The van der Waals surface area contributed by atoms with E-state index in [1.807, 2.05) is 25.1 Å². The Labute approximate surface area is 259 Å². The molecule has 0 unspecified atom stereocenters. The number of ether oxygens (including phenoxy) is 2. The molecule has 236 valence electrons. The number of para-hydroxylation sites is 1. The largest absolute Gasteiger partial charge is 0.488 e. The number of fused-ring (bicyclic) bond motifs is 1. The zero-order valence-electron chi connectivity index (χ0n) is 25.2. The van der Waals surface area contributed by atoms with E-state index in [1.165, 1.54) is 18.1 Å². The van der Waals surface area contributed by atoms with Gasteiger partial charge in [0.05, 0.1) is 17.1 Å². The summed E-state index contributed by atoms with van der Waals surface area (Å²) in [5.41, 5.74) is 5.65. The minimum absolute atomic E-state index is 0.00569. The van der Waals surface area contributed by atoms with E-state index in [9.17, 15) is 23.1 Å². The fourth-order valence-electron chi connectivity index (χ4n) is 6.36. The average molecular weight is 621 g/mol. The lowest BCUT2D eigenvalue weighted by Gasteiger charge is -2.37. The first-order valence-corrected chi connectivity index (χ1v) is 15.1. The number of rotatable bonds is 8. The number of aromatic carboxylic acids is 1. The standard InChI is InChI=1S/C34H35F3N4O4/c1-21-5-3-6-27(28-7-4-8-29(38-28)31-22(2)30(33(42)43)39-41(31)20-34(35,36)37)32(21)45-19-23-9-10-25-18-40(14-11-24(25)17-23)26-12-15-44-16-13-26/h3-10,17,26H,11-16,18-20H2,1-2H3,(H,42,43). The summed E-state index contributed by atoms with van der Waals surface area (Å²) in [6, 6.07) is 17.8. The number of nitrogens with zero attached hydrogens (tertiary/aromatic N) is 4. The molecule has 4 heterocycles. The molecule has 0 atom stereocenters. The van der Waals surface area contributed by atoms with Gasteiger partial charge in [-0.1, -0.05) is 36.4 Å². The molecule has 2 aliphatic heterocycles. The van der Waals surface area contributed by atoms with Crippen LogP contribution < -0.4 is 4.74 Å². The quantitative estimate of drug-likeness (QED) is 0.237. The highest BCUT2D eigenvalue weighted by Gasteiger charge is 2.33. The zero-order valence-corrected chi connectivity index (χ0v) is 25.2. The topological polar surface area (TPSA) is 89.7 Å². The van der Waals surface area contributed by atoms with Gasteiger partial charge in [-0.15, -0.1) is 0 Å². The number of carbonyl (C=O) groups is 1. The third-order valence-corrected chi connectivity index (χ3v) is 8.60. The van der Waals surface area contributed by atoms with Crippen molar-refractivity contribution in [3.8, 4) is 28.4 Å². The summed E-state index contributed by atoms with van der Waals surface area (Å²) in [4.78, 5) is 19.0. The molecule has 0 spiro atoms. The Kier molecular flexibility index (Phi) is 8.65. The number of carboxylic acid groups (broad SMARTS) is 1. The first-order chi connectivity index (χ1) is 21.6. The number of carboxylic acids is 1. The van der Waals surface area contributed by atoms with Gasteiger partial charge in [-0.25, -0.2) is 9.78 Å². The van der Waals surface area contributed by atoms with Gasteiger partial charge in [0.1, 0.15) is 18.9 Å². The van der Waals surface area contributed by atoms with Crippen molar-refractivity contribution < 1.29 is 32.5 Å². The van der Waals surface area contributed by atoms with Crippen molar-refractivity contribution in [1.82, 2.24) is 19.7 Å². The molecular formula is C34H35F3N4O4. The molecule has 45 heavy (non-hydrogen) atoms. The third kappa shape index (κ3) is 6.74. The van der Waals surface area contributed by atoms with Crippen molar-refractivity contribution in [2.24, 2.45) is 0 Å². The molecule has 8 nitrogen and oxygen atoms in total. The molecule has 0 amide bonds. The molecule has 2 aromatic carbocycles. The second-order valence-electron chi connectivity index (χ2n) is 11.7. The number of halogens is 3. The number of pyridine rings is 1. The van der Waals surface area contributed by atoms with Gasteiger partial charge < -0.3 is 14.6 Å². The Bertz CT molecular complexity index is 1710. The van der Waals surface area contributed by atoms with Crippen LogP contribution in [0.3, 0.4) is 0 Å². The molecule has 6 rings (SSSR count). The average Bonchev–Trinajstić information content (AvgIpc) is 3.34. The lowest BCUT2D eigenvalue weighted by atomic mass is 9.95. The SMILES string of the molecule is Cc1cccc(-c2cccc(-c3c(C)c(C(=O)O)nn3CC(F)(F)F)n2)c1OCc1ccc2c(c1)CCN(C1CCOCC1)C2. The summed E-state index contributed by atoms with van der Waals surface area (Å²) < 4.78 is 52.8. The fraction of sp³-hybridized carbons (Fsp3) is 0.382. The Morgan fingerprint density at radius 3 is 2.56 bits per heavy atom. The number of alkyl halides is 3. The first kappa shape index (κ1) is 30.8. The molecule has 1 fully saturated rings. The third-order valence-electron chi connectivity index (χ3n) is 8.60. The van der Waals surface area contributed by atoms with Gasteiger partial charge in [0.15, 0.2) is 5.69 Å². The van der Waals surface area contributed by atoms with E-state index < -0.39 is 24.4 Å². The van der Waals surface area contributed by atoms with Crippen molar-refractivity contribution in [3.63, 3.8) is 0 Å². The molecule has 2 aromatic heterocycles. The van der Waals surface area contributed by atoms with Gasteiger partial charge in [0.25, 0.3) is 0 Å². The second kappa shape index (κ2) is 12.6. The van der Waals surface area contributed by atoms with Crippen molar-refractivity contribution in [2.45, 2.75) is 65.0 Å². The lowest BCUT2D eigenvalue weighted by Crippen LogP contribution is -2.42. The van der Waals surface area contributed by atoms with Crippen LogP contribution >= 0.6 is 0 Å². The Morgan fingerprint density at radius 1 is 1.04 bits per heavy atom. The Balaban J connectivity index is 1.25. The minimum atomic E-state index is -4.60. The van der Waals surface area contributed by atoms with Crippen LogP contribution in [0.1, 0.15) is 51.1 Å². The number of aromatic nitrogens is 3. The molecule has 1 N–H and O–H groups in total. The molecule has 4 aromatic rings. The van der Waals surface area contributed by atoms with Gasteiger partial charge in [-0.05, 0) is 73.6 Å². The fourth-order valence-corrected chi connectivity index (χ4v) is 6.36. The van der Waals surface area contributed by atoms with Crippen LogP contribution in [-0.2, 0) is 30.9 Å². The van der Waals surface area contributed by atoms with Crippen LogP contribution in [-0.4, -0.2) is 62.7 Å². The van der Waals surface area contributed by atoms with Crippen LogP contribution in [0.5, 0.6) is 5.75 Å². The number of benzene rings is 2. The normalized spacial score (nSPS) is 16.0. The van der Waals surface area contributed by atoms with E-state index in [-0.39, 0.29) is 17.0 Å². The van der Waals surface area contributed by atoms with E-state index >= 15 is 0 Å². The van der Waals surface area contributed by atoms with E-state index in [0.29, 0.717) is 34.3 Å². The maximum absolute atomic E-state index is 13.4. The molecule has 2 aliphatic rings. The zero-order chi connectivity index (χ0) is 31.7. The second-order valence-corrected chi connectivity index (χ2v) is 11.7. The van der Waals surface area contributed by atoms with E-state index in [1.54, 1.807) is 18.2 Å². The first-order valence-electron chi connectivity index (χ1n) is 15.1. The number of hydrogen-bond donors (Lipinski definition) is 1. The summed E-state index contributed by atoms with van der Waals surface area (Å²) in [7, 11) is 0. The van der Waals surface area contributed by atoms with Crippen molar-refractivity contribution in [1.29, 1.82) is 0 Å². The highest BCUT2D eigenvalue weighted by atomic mass is 19.4. The molecule has 0 bridgehead atoms. The highest BCUT2D eigenvalue weighted by molar-refractivity contribution is 5.89. The van der Waals surface area contributed by atoms with Crippen LogP contribution in [0, 0.1) is 13.8 Å². The van der Waals surface area contributed by atoms with Gasteiger partial charge in [-0.3, -0.25) is 9.58 Å². The summed E-state index contributed by atoms with van der Waals surface area (Å²) in [5.74, 6) is -0.781. The molecule has 0 aliphatic carbocycles. The predicted octanol–water partition coefficient (Wildman–Crippen LogP) is 6.61. The highest BCUT2D eigenvalue weighted by Crippen LogP contribution is 2.35. The van der Waals surface area contributed by atoms with Crippen LogP contribution in [0.4, 0.5) is 13.2 Å². The predicted molar refractivity (Wildman–Crippen MR) is 162 cm³/mol. The lowest BCUT2D eigenvalue weighted by molar-refractivity contribution is -0.142. The summed E-state index contributed by atoms with van der Waals surface area (Å²) in [5, 5.41) is 13.3. The molecular weight excluding hydrogens is 585 g/mol. The maximum Gasteiger partial charge on any atom is 0.408 e. The summed E-state index contributed by atoms with van der Waals surface area (Å²) in [6.45, 7) is 5.92. The molecule has 11 heteroatoms. The summed E-state index contributed by atoms with van der Waals surface area (Å²) in [6.07, 6.45) is -1.45. The van der Waals surface area contributed by atoms with E-state index in [4.69, 9.17) is 9.47 Å². The minimum Gasteiger partial charge on any atom is -0.488 e. The van der Waals surface area contributed by atoms with Crippen molar-refractivity contribution >= 4 is 5.97 Å². The van der Waals surface area contributed by atoms with Crippen molar-refractivity contribution in [2.75, 3.05) is 19.8 Å². The van der Waals surface area contributed by atoms with Gasteiger partial charge in [0, 0.05) is 43.5 Å². The van der Waals surface area contributed by atoms with Crippen LogP contribution in [0.25, 0.3) is 22.6 Å². The van der Waals surface area contributed by atoms with E-state index in [2.05, 4.69) is 33.2 Å². The Hall–Kier alpha value is -4.22.